The van der Waals surface area contributed by atoms with Gasteiger partial charge in [-0.1, -0.05) is 0 Å². The van der Waals surface area contributed by atoms with Crippen LogP contribution in [0.3, 0.4) is 0 Å². The fourth-order valence-electron chi connectivity index (χ4n) is 1.02. The SMILES string of the molecule is CCN(CC)C(=O)Nc1nc(=S)[nH][nH]1. The Morgan fingerprint density at radius 1 is 1.50 bits per heavy atom. The summed E-state index contributed by atoms with van der Waals surface area (Å²) in [4.78, 5) is 17.0. The minimum atomic E-state index is -0.187. The van der Waals surface area contributed by atoms with Gasteiger partial charge in [0.05, 0.1) is 0 Å². The van der Waals surface area contributed by atoms with Crippen LogP contribution in [0.5, 0.6) is 0 Å². The van der Waals surface area contributed by atoms with Gasteiger partial charge in [-0.05, 0) is 26.1 Å². The van der Waals surface area contributed by atoms with Gasteiger partial charge in [-0.25, -0.2) is 4.79 Å². The van der Waals surface area contributed by atoms with E-state index in [1.807, 2.05) is 13.8 Å². The van der Waals surface area contributed by atoms with Crippen LogP contribution in [-0.2, 0) is 0 Å². The minimum absolute atomic E-state index is 0.187. The second-order valence-electron chi connectivity index (χ2n) is 2.62. The van der Waals surface area contributed by atoms with Crippen LogP contribution in [0.2, 0.25) is 0 Å². The lowest BCUT2D eigenvalue weighted by atomic mass is 10.5. The first-order chi connectivity index (χ1) is 6.67. The third-order valence-corrected chi connectivity index (χ3v) is 1.97. The van der Waals surface area contributed by atoms with E-state index in [-0.39, 0.29) is 6.03 Å². The van der Waals surface area contributed by atoms with Crippen LogP contribution < -0.4 is 5.32 Å². The number of H-pyrrole nitrogens is 2. The first-order valence-corrected chi connectivity index (χ1v) is 4.78. The molecule has 1 aromatic rings. The van der Waals surface area contributed by atoms with E-state index in [9.17, 15) is 4.79 Å². The number of nitrogens with zero attached hydrogens (tertiary/aromatic N) is 2. The van der Waals surface area contributed by atoms with Gasteiger partial charge >= 0.3 is 6.03 Å². The van der Waals surface area contributed by atoms with E-state index < -0.39 is 0 Å². The molecule has 1 rings (SSSR count). The highest BCUT2D eigenvalue weighted by Crippen LogP contribution is 1.98. The summed E-state index contributed by atoms with van der Waals surface area (Å²) in [6.45, 7) is 5.15. The quantitative estimate of drug-likeness (QED) is 0.666. The Bertz CT molecular complexity index is 353. The van der Waals surface area contributed by atoms with E-state index in [4.69, 9.17) is 12.2 Å². The maximum atomic E-state index is 11.5. The second kappa shape index (κ2) is 4.75. The summed E-state index contributed by atoms with van der Waals surface area (Å²) in [7, 11) is 0. The van der Waals surface area contributed by atoms with Crippen LogP contribution in [0.4, 0.5) is 10.7 Å². The topological polar surface area (TPSA) is 76.8 Å². The van der Waals surface area contributed by atoms with Crippen molar-refractivity contribution < 1.29 is 4.79 Å². The molecule has 14 heavy (non-hydrogen) atoms. The molecular formula is C7H13N5OS. The highest BCUT2D eigenvalue weighted by atomic mass is 32.1. The largest absolute Gasteiger partial charge is 0.325 e. The van der Waals surface area contributed by atoms with Crippen molar-refractivity contribution in [1.29, 1.82) is 0 Å². The average molecular weight is 215 g/mol. The maximum Gasteiger partial charge on any atom is 0.324 e. The van der Waals surface area contributed by atoms with Crippen molar-refractivity contribution in [3.05, 3.63) is 4.77 Å². The number of amides is 2. The number of aromatic nitrogens is 3. The first kappa shape index (κ1) is 10.7. The number of anilines is 1. The highest BCUT2D eigenvalue weighted by Gasteiger charge is 2.10. The van der Waals surface area contributed by atoms with Crippen molar-refractivity contribution in [2.45, 2.75) is 13.8 Å². The van der Waals surface area contributed by atoms with Crippen LogP contribution in [0, 0.1) is 4.77 Å². The lowest BCUT2D eigenvalue weighted by Crippen LogP contribution is -2.34. The van der Waals surface area contributed by atoms with Crippen molar-refractivity contribution in [3.63, 3.8) is 0 Å². The molecule has 7 heteroatoms. The van der Waals surface area contributed by atoms with Gasteiger partial charge < -0.3 is 4.90 Å². The molecule has 0 unspecified atom stereocenters. The lowest BCUT2D eigenvalue weighted by Gasteiger charge is -2.17. The van der Waals surface area contributed by atoms with E-state index in [0.29, 0.717) is 23.8 Å². The third-order valence-electron chi connectivity index (χ3n) is 1.78. The van der Waals surface area contributed by atoms with Gasteiger partial charge in [0.2, 0.25) is 10.7 Å². The molecule has 6 nitrogen and oxygen atoms in total. The number of nitrogens with one attached hydrogen (secondary N) is 3. The summed E-state index contributed by atoms with van der Waals surface area (Å²) in [5.41, 5.74) is 0. The molecule has 0 bridgehead atoms. The zero-order valence-corrected chi connectivity index (χ0v) is 8.94. The summed E-state index contributed by atoms with van der Waals surface area (Å²) < 4.78 is 0.319. The molecule has 0 spiro atoms. The second-order valence-corrected chi connectivity index (χ2v) is 3.00. The summed E-state index contributed by atoms with van der Waals surface area (Å²) in [6.07, 6.45) is 0. The smallest absolute Gasteiger partial charge is 0.324 e. The summed E-state index contributed by atoms with van der Waals surface area (Å²) >= 11 is 4.75. The minimum Gasteiger partial charge on any atom is -0.325 e. The van der Waals surface area contributed by atoms with E-state index in [0.717, 1.165) is 0 Å². The van der Waals surface area contributed by atoms with Crippen LogP contribution in [0.15, 0.2) is 0 Å². The molecule has 0 aliphatic rings. The van der Waals surface area contributed by atoms with Crippen LogP contribution in [-0.4, -0.2) is 39.2 Å². The molecule has 1 heterocycles. The number of urea groups is 1. The Hall–Kier alpha value is -1.37. The molecule has 0 atom stereocenters. The molecule has 2 amide bonds. The first-order valence-electron chi connectivity index (χ1n) is 4.38. The number of hydrogen-bond donors (Lipinski definition) is 3. The monoisotopic (exact) mass is 215 g/mol. The van der Waals surface area contributed by atoms with Crippen LogP contribution >= 0.6 is 12.2 Å². The summed E-state index contributed by atoms with van der Waals surface area (Å²) in [6, 6.07) is -0.187. The lowest BCUT2D eigenvalue weighted by molar-refractivity contribution is 0.217. The van der Waals surface area contributed by atoms with Crippen LogP contribution in [0.1, 0.15) is 13.8 Å². The van der Waals surface area contributed by atoms with Gasteiger partial charge in [-0.3, -0.25) is 15.5 Å². The van der Waals surface area contributed by atoms with Gasteiger partial charge in [0.25, 0.3) is 0 Å². The van der Waals surface area contributed by atoms with Crippen molar-refractivity contribution in [2.75, 3.05) is 18.4 Å². The maximum absolute atomic E-state index is 11.5. The van der Waals surface area contributed by atoms with Crippen LogP contribution in [0.25, 0.3) is 0 Å². The van der Waals surface area contributed by atoms with E-state index in [1.165, 1.54) is 0 Å². The van der Waals surface area contributed by atoms with E-state index in [1.54, 1.807) is 4.90 Å². The fourth-order valence-corrected chi connectivity index (χ4v) is 1.16. The molecule has 0 saturated heterocycles. The van der Waals surface area contributed by atoms with Gasteiger partial charge in [-0.2, -0.15) is 4.98 Å². The molecule has 0 radical (unpaired) electrons. The third kappa shape index (κ3) is 2.56. The summed E-state index contributed by atoms with van der Waals surface area (Å²) in [5.74, 6) is 0.340. The molecule has 0 aliphatic heterocycles. The average Bonchev–Trinajstić information content (AvgIpc) is 2.53. The molecule has 1 aromatic heterocycles. The normalized spacial score (nSPS) is 9.86. The molecule has 0 aliphatic carbocycles. The van der Waals surface area contributed by atoms with Crippen molar-refractivity contribution in [1.82, 2.24) is 20.1 Å². The predicted octanol–water partition coefficient (Wildman–Crippen LogP) is 1.34. The van der Waals surface area contributed by atoms with Gasteiger partial charge in [0.1, 0.15) is 0 Å². The zero-order chi connectivity index (χ0) is 10.6. The van der Waals surface area contributed by atoms with Gasteiger partial charge in [-0.15, -0.1) is 0 Å². The molecule has 0 saturated carbocycles. The van der Waals surface area contributed by atoms with E-state index >= 15 is 0 Å². The standard InChI is InChI=1S/C7H13N5OS/c1-3-12(4-2)7(13)9-5-8-6(14)11-10-5/h3-4H2,1-2H3,(H3,8,9,10,11,13,14). The predicted molar refractivity (Wildman–Crippen MR) is 55.7 cm³/mol. The van der Waals surface area contributed by atoms with E-state index in [2.05, 4.69) is 20.5 Å². The van der Waals surface area contributed by atoms with Crippen molar-refractivity contribution >= 4 is 24.2 Å². The number of carbonyl (C=O) groups excluding carboxylic acids is 1. The van der Waals surface area contributed by atoms with Gasteiger partial charge in [0.15, 0.2) is 0 Å². The molecule has 78 valence electrons. The number of hydrogen-bond acceptors (Lipinski definition) is 3. The number of aromatic amines is 2. The number of carbonyl (C=O) groups is 1. The highest BCUT2D eigenvalue weighted by molar-refractivity contribution is 7.71. The molecule has 0 aromatic carbocycles. The number of rotatable bonds is 3. The molecule has 3 N–H and O–H groups in total. The molecular weight excluding hydrogens is 202 g/mol. The molecule has 0 fully saturated rings. The Kier molecular flexibility index (Phi) is 3.63. The summed E-state index contributed by atoms with van der Waals surface area (Å²) in [5, 5.41) is 7.82. The zero-order valence-electron chi connectivity index (χ0n) is 8.13. The Morgan fingerprint density at radius 3 is 2.57 bits per heavy atom. The van der Waals surface area contributed by atoms with Crippen molar-refractivity contribution in [2.24, 2.45) is 0 Å². The Labute approximate surface area is 86.7 Å². The van der Waals surface area contributed by atoms with Crippen molar-refractivity contribution in [3.8, 4) is 0 Å². The fraction of sp³-hybridized carbons (Fsp3) is 0.571. The Balaban J connectivity index is 2.60. The Morgan fingerprint density at radius 2 is 2.14 bits per heavy atom. The van der Waals surface area contributed by atoms with Gasteiger partial charge in [0, 0.05) is 13.1 Å².